The maximum Gasteiger partial charge on any atom is 0.135 e. The van der Waals surface area contributed by atoms with Crippen molar-refractivity contribution in [3.8, 4) is 0 Å². The van der Waals surface area contributed by atoms with Crippen LogP contribution < -0.4 is 0 Å². The fraction of sp³-hybridized carbons (Fsp3) is 0.909. The van der Waals surface area contributed by atoms with Crippen molar-refractivity contribution in [1.82, 2.24) is 4.90 Å². The molecule has 0 spiro atoms. The van der Waals surface area contributed by atoms with Crippen molar-refractivity contribution in [2.24, 2.45) is 5.92 Å². The molecule has 0 N–H and O–H groups in total. The zero-order valence-electron chi connectivity index (χ0n) is 8.87. The molecule has 2 saturated heterocycles. The zero-order chi connectivity index (χ0) is 9.97. The average molecular weight is 213 g/mol. The first kappa shape index (κ1) is 10.5. The van der Waals surface area contributed by atoms with Crippen LogP contribution in [-0.4, -0.2) is 41.3 Å². The van der Waals surface area contributed by atoms with Gasteiger partial charge in [-0.25, -0.2) is 0 Å². The lowest BCUT2D eigenvalue weighted by atomic mass is 10.00. The van der Waals surface area contributed by atoms with Gasteiger partial charge in [0.1, 0.15) is 5.78 Å². The molecule has 2 nitrogen and oxygen atoms in total. The topological polar surface area (TPSA) is 20.3 Å². The van der Waals surface area contributed by atoms with Crippen LogP contribution in [-0.2, 0) is 4.79 Å². The maximum absolute atomic E-state index is 11.2. The monoisotopic (exact) mass is 213 g/mol. The molecular formula is C11H19NOS. The molecule has 0 aromatic heterocycles. The van der Waals surface area contributed by atoms with E-state index in [1.807, 2.05) is 0 Å². The highest BCUT2D eigenvalue weighted by Gasteiger charge is 2.26. The summed E-state index contributed by atoms with van der Waals surface area (Å²) in [5.74, 6) is 4.01. The Hall–Kier alpha value is -0.0200. The standard InChI is InChI=1S/C11H19NOS/c1-9-6-11(13)2-4-12(9)7-10-3-5-14-8-10/h9-10H,2-8H2,1H3. The molecule has 0 bridgehead atoms. The lowest BCUT2D eigenvalue weighted by Gasteiger charge is -2.34. The van der Waals surface area contributed by atoms with Gasteiger partial charge in [0, 0.05) is 32.0 Å². The largest absolute Gasteiger partial charge is 0.300 e. The lowest BCUT2D eigenvalue weighted by molar-refractivity contribution is -0.123. The molecule has 2 aliphatic rings. The fourth-order valence-electron chi connectivity index (χ4n) is 2.38. The summed E-state index contributed by atoms with van der Waals surface area (Å²) < 4.78 is 0. The van der Waals surface area contributed by atoms with Gasteiger partial charge in [0.2, 0.25) is 0 Å². The third kappa shape index (κ3) is 2.51. The summed E-state index contributed by atoms with van der Waals surface area (Å²) in [7, 11) is 0. The number of carbonyl (C=O) groups excluding carboxylic acids is 1. The van der Waals surface area contributed by atoms with Crippen molar-refractivity contribution in [3.63, 3.8) is 0 Å². The molecule has 2 atom stereocenters. The third-order valence-corrected chi connectivity index (χ3v) is 4.57. The second-order valence-electron chi connectivity index (χ2n) is 4.57. The minimum Gasteiger partial charge on any atom is -0.300 e. The van der Waals surface area contributed by atoms with Gasteiger partial charge in [0.15, 0.2) is 0 Å². The number of likely N-dealkylation sites (tertiary alicyclic amines) is 1. The van der Waals surface area contributed by atoms with E-state index in [9.17, 15) is 4.79 Å². The van der Waals surface area contributed by atoms with Gasteiger partial charge in [-0.1, -0.05) is 0 Å². The number of nitrogens with zero attached hydrogens (tertiary/aromatic N) is 1. The molecule has 2 heterocycles. The molecule has 2 rings (SSSR count). The highest BCUT2D eigenvalue weighted by molar-refractivity contribution is 7.99. The molecule has 80 valence electrons. The number of rotatable bonds is 2. The molecule has 0 aliphatic carbocycles. The summed E-state index contributed by atoms with van der Waals surface area (Å²) in [6, 6.07) is 0.488. The predicted molar refractivity (Wildman–Crippen MR) is 60.7 cm³/mol. The number of ketones is 1. The molecule has 3 heteroatoms. The van der Waals surface area contributed by atoms with Crippen LogP contribution >= 0.6 is 11.8 Å². The molecule has 0 radical (unpaired) electrons. The molecule has 0 aromatic rings. The van der Waals surface area contributed by atoms with E-state index in [4.69, 9.17) is 0 Å². The number of hydrogen-bond donors (Lipinski definition) is 0. The molecule has 2 unspecified atom stereocenters. The van der Waals surface area contributed by atoms with Crippen molar-refractivity contribution in [2.45, 2.75) is 32.2 Å². The third-order valence-electron chi connectivity index (χ3n) is 3.34. The van der Waals surface area contributed by atoms with Crippen LogP contribution in [0.3, 0.4) is 0 Å². The number of thioether (sulfide) groups is 1. The van der Waals surface area contributed by atoms with E-state index in [1.54, 1.807) is 0 Å². The van der Waals surface area contributed by atoms with Crippen LogP contribution in [0.25, 0.3) is 0 Å². The highest BCUT2D eigenvalue weighted by atomic mass is 32.2. The summed E-state index contributed by atoms with van der Waals surface area (Å²) in [6.45, 7) is 4.42. The summed E-state index contributed by atoms with van der Waals surface area (Å²) in [5, 5.41) is 0. The Kier molecular flexibility index (Phi) is 3.50. The van der Waals surface area contributed by atoms with Gasteiger partial charge >= 0.3 is 0 Å². The average Bonchev–Trinajstić information content (AvgIpc) is 2.62. The van der Waals surface area contributed by atoms with Crippen LogP contribution in [0, 0.1) is 5.92 Å². The van der Waals surface area contributed by atoms with Crippen LogP contribution in [0.2, 0.25) is 0 Å². The molecule has 2 aliphatic heterocycles. The van der Waals surface area contributed by atoms with Gasteiger partial charge in [-0.05, 0) is 30.8 Å². The summed E-state index contributed by atoms with van der Waals surface area (Å²) in [4.78, 5) is 13.7. The van der Waals surface area contributed by atoms with E-state index < -0.39 is 0 Å². The van der Waals surface area contributed by atoms with Crippen molar-refractivity contribution in [3.05, 3.63) is 0 Å². The van der Waals surface area contributed by atoms with Crippen molar-refractivity contribution < 1.29 is 4.79 Å². The Morgan fingerprint density at radius 3 is 3.07 bits per heavy atom. The van der Waals surface area contributed by atoms with Gasteiger partial charge in [0.25, 0.3) is 0 Å². The van der Waals surface area contributed by atoms with Gasteiger partial charge in [-0.15, -0.1) is 0 Å². The van der Waals surface area contributed by atoms with E-state index in [0.717, 1.165) is 25.3 Å². The Labute approximate surface area is 90.4 Å². The first-order valence-corrected chi connectivity index (χ1v) is 6.74. The maximum atomic E-state index is 11.2. The number of Topliss-reactive ketones (excluding diaryl/α,β-unsaturated/α-hetero) is 1. The smallest absolute Gasteiger partial charge is 0.135 e. The van der Waals surface area contributed by atoms with E-state index in [-0.39, 0.29) is 0 Å². The normalized spacial score (nSPS) is 35.1. The Bertz CT molecular complexity index is 213. The van der Waals surface area contributed by atoms with Gasteiger partial charge in [-0.3, -0.25) is 9.69 Å². The molecule has 2 fully saturated rings. The van der Waals surface area contributed by atoms with Crippen LogP contribution in [0.5, 0.6) is 0 Å². The highest BCUT2D eigenvalue weighted by Crippen LogP contribution is 2.26. The second-order valence-corrected chi connectivity index (χ2v) is 5.72. The van der Waals surface area contributed by atoms with E-state index in [0.29, 0.717) is 11.8 Å². The van der Waals surface area contributed by atoms with E-state index >= 15 is 0 Å². The Morgan fingerprint density at radius 1 is 1.57 bits per heavy atom. The zero-order valence-corrected chi connectivity index (χ0v) is 9.68. The SMILES string of the molecule is CC1CC(=O)CCN1CC1CCSC1. The van der Waals surface area contributed by atoms with Crippen molar-refractivity contribution >= 4 is 17.5 Å². The number of carbonyl (C=O) groups is 1. The van der Waals surface area contributed by atoms with Gasteiger partial charge in [-0.2, -0.15) is 11.8 Å². The summed E-state index contributed by atoms with van der Waals surface area (Å²) in [5.41, 5.74) is 0. The van der Waals surface area contributed by atoms with Crippen molar-refractivity contribution in [1.29, 1.82) is 0 Å². The first-order valence-electron chi connectivity index (χ1n) is 5.59. The van der Waals surface area contributed by atoms with Gasteiger partial charge in [0.05, 0.1) is 0 Å². The van der Waals surface area contributed by atoms with E-state index in [2.05, 4.69) is 23.6 Å². The van der Waals surface area contributed by atoms with Gasteiger partial charge < -0.3 is 0 Å². The number of hydrogen-bond acceptors (Lipinski definition) is 3. The van der Waals surface area contributed by atoms with Crippen LogP contribution in [0.4, 0.5) is 0 Å². The molecule has 14 heavy (non-hydrogen) atoms. The van der Waals surface area contributed by atoms with Crippen LogP contribution in [0.1, 0.15) is 26.2 Å². The molecule has 0 aromatic carbocycles. The first-order chi connectivity index (χ1) is 6.75. The fourth-order valence-corrected chi connectivity index (χ4v) is 3.65. The van der Waals surface area contributed by atoms with Crippen LogP contribution in [0.15, 0.2) is 0 Å². The minimum atomic E-state index is 0.453. The quantitative estimate of drug-likeness (QED) is 0.697. The minimum absolute atomic E-state index is 0.453. The Balaban J connectivity index is 1.81. The summed E-state index contributed by atoms with van der Waals surface area (Å²) in [6.07, 6.45) is 2.94. The number of piperidine rings is 1. The predicted octanol–water partition coefficient (Wildman–Crippen LogP) is 1.79. The molecule has 0 saturated carbocycles. The van der Waals surface area contributed by atoms with Crippen molar-refractivity contribution in [2.75, 3.05) is 24.6 Å². The molecule has 0 amide bonds. The summed E-state index contributed by atoms with van der Waals surface area (Å²) >= 11 is 2.08. The second kappa shape index (κ2) is 4.67. The molecular weight excluding hydrogens is 194 g/mol. The Morgan fingerprint density at radius 2 is 2.43 bits per heavy atom. The van der Waals surface area contributed by atoms with E-state index in [1.165, 1.54) is 24.5 Å². The lowest BCUT2D eigenvalue weighted by Crippen LogP contribution is -2.43.